The lowest BCUT2D eigenvalue weighted by molar-refractivity contribution is -0.121. The summed E-state index contributed by atoms with van der Waals surface area (Å²) in [4.78, 5) is 16.2. The number of aryl methyl sites for hydroxylation is 1. The first-order chi connectivity index (χ1) is 9.58. The summed E-state index contributed by atoms with van der Waals surface area (Å²) in [6.45, 7) is 3.84. The first-order valence-electron chi connectivity index (χ1n) is 6.29. The molecule has 2 rings (SSSR count). The van der Waals surface area contributed by atoms with E-state index in [1.54, 1.807) is 23.5 Å². The van der Waals surface area contributed by atoms with Crippen molar-refractivity contribution in [2.75, 3.05) is 0 Å². The van der Waals surface area contributed by atoms with Crippen LogP contribution in [0.5, 0.6) is 0 Å². The van der Waals surface area contributed by atoms with Crippen molar-refractivity contribution in [2.24, 2.45) is 0 Å². The predicted molar refractivity (Wildman–Crippen MR) is 78.3 cm³/mol. The second-order valence-corrected chi connectivity index (χ2v) is 5.62. The highest BCUT2D eigenvalue weighted by molar-refractivity contribution is 7.09. The Morgan fingerprint density at radius 1 is 1.45 bits per heavy atom. The number of aromatic nitrogens is 1. The summed E-state index contributed by atoms with van der Waals surface area (Å²) in [6, 6.07) is 9.21. The Hall–Kier alpha value is -2.19. The summed E-state index contributed by atoms with van der Waals surface area (Å²) in [7, 11) is 0. The van der Waals surface area contributed by atoms with Gasteiger partial charge in [0.15, 0.2) is 0 Å². The number of carbonyl (C=O) groups excluding carboxylic acids is 1. The second-order valence-electron chi connectivity index (χ2n) is 4.56. The van der Waals surface area contributed by atoms with Gasteiger partial charge in [0, 0.05) is 5.38 Å². The van der Waals surface area contributed by atoms with Crippen LogP contribution in [0.4, 0.5) is 0 Å². The van der Waals surface area contributed by atoms with E-state index in [1.807, 2.05) is 31.4 Å². The van der Waals surface area contributed by atoms with Gasteiger partial charge in [0.25, 0.3) is 0 Å². The summed E-state index contributed by atoms with van der Waals surface area (Å²) in [5.41, 5.74) is 2.40. The van der Waals surface area contributed by atoms with Gasteiger partial charge in [0.05, 0.1) is 34.8 Å². The molecule has 1 heterocycles. The van der Waals surface area contributed by atoms with Gasteiger partial charge < -0.3 is 5.32 Å². The maximum Gasteiger partial charge on any atom is 0.226 e. The molecule has 0 bridgehead atoms. The molecule has 4 nitrogen and oxygen atoms in total. The lowest BCUT2D eigenvalue weighted by Gasteiger charge is -2.14. The molecule has 20 heavy (non-hydrogen) atoms. The molecule has 0 spiro atoms. The van der Waals surface area contributed by atoms with E-state index in [0.717, 1.165) is 16.3 Å². The number of nitrogens with zero attached hydrogens (tertiary/aromatic N) is 2. The molecule has 1 unspecified atom stereocenters. The molecule has 0 saturated heterocycles. The highest BCUT2D eigenvalue weighted by Crippen LogP contribution is 2.14. The van der Waals surface area contributed by atoms with E-state index < -0.39 is 0 Å². The average Bonchev–Trinajstić information content (AvgIpc) is 2.84. The van der Waals surface area contributed by atoms with Gasteiger partial charge in [-0.15, -0.1) is 11.3 Å². The SMILES string of the molecule is Cc1nc(CC(=O)NC(C)c2ccc(C#N)cc2)cs1. The van der Waals surface area contributed by atoms with Gasteiger partial charge in [0.2, 0.25) is 5.91 Å². The van der Waals surface area contributed by atoms with Crippen LogP contribution < -0.4 is 5.32 Å². The van der Waals surface area contributed by atoms with E-state index in [0.29, 0.717) is 12.0 Å². The zero-order valence-corrected chi connectivity index (χ0v) is 12.2. The smallest absolute Gasteiger partial charge is 0.226 e. The Morgan fingerprint density at radius 2 is 2.15 bits per heavy atom. The zero-order valence-electron chi connectivity index (χ0n) is 11.4. The monoisotopic (exact) mass is 285 g/mol. The number of nitriles is 1. The summed E-state index contributed by atoms with van der Waals surface area (Å²) in [5, 5.41) is 14.6. The fourth-order valence-corrected chi connectivity index (χ4v) is 2.49. The number of hydrogen-bond acceptors (Lipinski definition) is 4. The highest BCUT2D eigenvalue weighted by atomic mass is 32.1. The molecule has 0 aliphatic carbocycles. The summed E-state index contributed by atoms with van der Waals surface area (Å²) >= 11 is 1.54. The van der Waals surface area contributed by atoms with Crippen LogP contribution in [-0.4, -0.2) is 10.9 Å². The van der Waals surface area contributed by atoms with Crippen molar-refractivity contribution < 1.29 is 4.79 Å². The predicted octanol–water partition coefficient (Wildman–Crippen LogP) is 2.74. The van der Waals surface area contributed by atoms with Crippen molar-refractivity contribution in [3.63, 3.8) is 0 Å². The van der Waals surface area contributed by atoms with E-state index in [9.17, 15) is 4.79 Å². The number of thiazole rings is 1. The molecule has 1 aromatic heterocycles. The van der Waals surface area contributed by atoms with Crippen LogP contribution in [-0.2, 0) is 11.2 Å². The third-order valence-corrected chi connectivity index (χ3v) is 3.75. The third kappa shape index (κ3) is 3.65. The van der Waals surface area contributed by atoms with Gasteiger partial charge in [0.1, 0.15) is 0 Å². The number of nitrogens with one attached hydrogen (secondary N) is 1. The van der Waals surface area contributed by atoms with Gasteiger partial charge in [-0.2, -0.15) is 5.26 Å². The topological polar surface area (TPSA) is 65.8 Å². The van der Waals surface area contributed by atoms with Crippen molar-refractivity contribution >= 4 is 17.2 Å². The van der Waals surface area contributed by atoms with Crippen LogP contribution in [0.15, 0.2) is 29.6 Å². The van der Waals surface area contributed by atoms with E-state index in [1.165, 1.54) is 0 Å². The molecule has 0 radical (unpaired) electrons. The quantitative estimate of drug-likeness (QED) is 0.939. The summed E-state index contributed by atoms with van der Waals surface area (Å²) in [5.74, 6) is -0.0489. The molecular weight excluding hydrogens is 270 g/mol. The number of benzene rings is 1. The number of hydrogen-bond donors (Lipinski definition) is 1. The largest absolute Gasteiger partial charge is 0.349 e. The van der Waals surface area contributed by atoms with Crippen molar-refractivity contribution in [3.8, 4) is 6.07 Å². The Kier molecular flexibility index (Phi) is 4.49. The highest BCUT2D eigenvalue weighted by Gasteiger charge is 2.11. The van der Waals surface area contributed by atoms with Gasteiger partial charge in [-0.25, -0.2) is 4.98 Å². The maximum atomic E-state index is 11.9. The molecule has 0 aliphatic rings. The molecule has 102 valence electrons. The number of amides is 1. The van der Waals surface area contributed by atoms with E-state index in [4.69, 9.17) is 5.26 Å². The molecule has 1 atom stereocenters. The van der Waals surface area contributed by atoms with Crippen LogP contribution in [0, 0.1) is 18.3 Å². The standard InChI is InChI=1S/C15H15N3OS/c1-10(13-5-3-12(8-16)4-6-13)17-15(19)7-14-9-20-11(2)18-14/h3-6,9-10H,7H2,1-2H3,(H,17,19). The number of carbonyl (C=O) groups is 1. The lowest BCUT2D eigenvalue weighted by atomic mass is 10.1. The Bertz CT molecular complexity index is 640. The Balaban J connectivity index is 1.94. The van der Waals surface area contributed by atoms with Crippen molar-refractivity contribution in [2.45, 2.75) is 26.3 Å². The van der Waals surface area contributed by atoms with E-state index in [-0.39, 0.29) is 11.9 Å². The molecule has 0 aliphatic heterocycles. The molecule has 1 aromatic carbocycles. The average molecular weight is 285 g/mol. The van der Waals surface area contributed by atoms with Gasteiger partial charge in [-0.1, -0.05) is 12.1 Å². The maximum absolute atomic E-state index is 11.9. The minimum atomic E-state index is -0.0880. The minimum Gasteiger partial charge on any atom is -0.349 e. The van der Waals surface area contributed by atoms with Gasteiger partial charge in [-0.3, -0.25) is 4.79 Å². The molecule has 2 aromatic rings. The minimum absolute atomic E-state index is 0.0489. The van der Waals surface area contributed by atoms with Crippen LogP contribution in [0.25, 0.3) is 0 Å². The van der Waals surface area contributed by atoms with Gasteiger partial charge in [-0.05, 0) is 31.5 Å². The third-order valence-electron chi connectivity index (χ3n) is 2.93. The second kappa shape index (κ2) is 6.31. The molecule has 5 heteroatoms. The fraction of sp³-hybridized carbons (Fsp3) is 0.267. The summed E-state index contributed by atoms with van der Waals surface area (Å²) < 4.78 is 0. The summed E-state index contributed by atoms with van der Waals surface area (Å²) in [6.07, 6.45) is 0.297. The Labute approximate surface area is 122 Å². The molecule has 0 saturated carbocycles. The van der Waals surface area contributed by atoms with Crippen LogP contribution in [0.2, 0.25) is 0 Å². The van der Waals surface area contributed by atoms with Gasteiger partial charge >= 0.3 is 0 Å². The molecular formula is C15H15N3OS. The van der Waals surface area contributed by atoms with Crippen molar-refractivity contribution in [3.05, 3.63) is 51.5 Å². The van der Waals surface area contributed by atoms with Crippen LogP contribution in [0.3, 0.4) is 0 Å². The first-order valence-corrected chi connectivity index (χ1v) is 7.17. The lowest BCUT2D eigenvalue weighted by Crippen LogP contribution is -2.28. The van der Waals surface area contributed by atoms with E-state index >= 15 is 0 Å². The zero-order chi connectivity index (χ0) is 14.5. The Morgan fingerprint density at radius 3 is 2.70 bits per heavy atom. The van der Waals surface area contributed by atoms with E-state index in [2.05, 4.69) is 16.4 Å². The van der Waals surface area contributed by atoms with Crippen molar-refractivity contribution in [1.82, 2.24) is 10.3 Å². The first kappa shape index (κ1) is 14.2. The van der Waals surface area contributed by atoms with Crippen molar-refractivity contribution in [1.29, 1.82) is 5.26 Å². The van der Waals surface area contributed by atoms with Crippen LogP contribution in [0.1, 0.15) is 34.8 Å². The van der Waals surface area contributed by atoms with Crippen LogP contribution >= 0.6 is 11.3 Å². The molecule has 1 amide bonds. The number of rotatable bonds is 4. The fourth-order valence-electron chi connectivity index (χ4n) is 1.88. The molecule has 1 N–H and O–H groups in total. The normalized spacial score (nSPS) is 11.7. The molecule has 0 fully saturated rings.